The van der Waals surface area contributed by atoms with Crippen LogP contribution in [0.2, 0.25) is 0 Å². The molecule has 0 spiro atoms. The van der Waals surface area contributed by atoms with Gasteiger partial charge in [0.15, 0.2) is 5.75 Å². The van der Waals surface area contributed by atoms with Gasteiger partial charge in [0.2, 0.25) is 0 Å². The van der Waals surface area contributed by atoms with Gasteiger partial charge in [-0.1, -0.05) is 13.8 Å². The van der Waals surface area contributed by atoms with Crippen molar-refractivity contribution in [1.29, 1.82) is 0 Å². The number of hydrogen-bond donors (Lipinski definition) is 1. The second kappa shape index (κ2) is 7.64. The molecule has 120 valence electrons. The summed E-state index contributed by atoms with van der Waals surface area (Å²) in [6.07, 6.45) is 4.96. The van der Waals surface area contributed by atoms with Crippen LogP contribution in [0.4, 0.5) is 0 Å². The molecular formula is C15H19NO5S. The van der Waals surface area contributed by atoms with E-state index >= 15 is 0 Å². The molecule has 2 aromatic rings. The third-order valence-corrected chi connectivity index (χ3v) is 3.78. The van der Waals surface area contributed by atoms with Crippen LogP contribution in [0.1, 0.15) is 37.8 Å². The largest absolute Gasteiger partial charge is 0.422 e. The predicted octanol–water partition coefficient (Wildman–Crippen LogP) is 3.46. The van der Waals surface area contributed by atoms with Gasteiger partial charge in [0.05, 0.1) is 0 Å². The minimum Gasteiger partial charge on any atom is -0.422 e. The van der Waals surface area contributed by atoms with Crippen LogP contribution in [0, 0.1) is 0 Å². The van der Waals surface area contributed by atoms with Crippen LogP contribution in [0.5, 0.6) is 5.75 Å². The Balaban J connectivity index is 0.00000176. The van der Waals surface area contributed by atoms with E-state index in [0.717, 1.165) is 48.6 Å². The third kappa shape index (κ3) is 3.44. The van der Waals surface area contributed by atoms with Crippen molar-refractivity contribution in [1.82, 2.24) is 0 Å². The second-order valence-corrected chi connectivity index (χ2v) is 5.21. The van der Waals surface area contributed by atoms with E-state index in [1.54, 1.807) is 12.1 Å². The maximum atomic E-state index is 12.1. The fraction of sp³-hybridized carbons (Fsp3) is 0.400. The Morgan fingerprint density at radius 1 is 1.14 bits per heavy atom. The zero-order chi connectivity index (χ0) is 14.7. The minimum atomic E-state index is -0.258. The van der Waals surface area contributed by atoms with Crippen LogP contribution in [0.15, 0.2) is 27.4 Å². The van der Waals surface area contributed by atoms with Crippen molar-refractivity contribution in [2.75, 3.05) is 0 Å². The summed E-state index contributed by atoms with van der Waals surface area (Å²) in [7, 11) is 0. The van der Waals surface area contributed by atoms with Crippen LogP contribution in [0.25, 0.3) is 11.0 Å². The zero-order valence-corrected chi connectivity index (χ0v) is 12.1. The van der Waals surface area contributed by atoms with Gasteiger partial charge in [0.25, 0.3) is 0 Å². The van der Waals surface area contributed by atoms with Crippen molar-refractivity contribution in [3.05, 3.63) is 39.7 Å². The Hall–Kier alpha value is -1.54. The summed E-state index contributed by atoms with van der Waals surface area (Å²) in [6.45, 7) is 0. The molecular weight excluding hydrogens is 306 g/mol. The lowest BCUT2D eigenvalue weighted by atomic mass is 10.0. The fourth-order valence-electron chi connectivity index (χ4n) is 2.72. The first-order valence-corrected chi connectivity index (χ1v) is 7.55. The Labute approximate surface area is 132 Å². The number of benzene rings is 1. The third-order valence-electron chi connectivity index (χ3n) is 3.64. The second-order valence-electron chi connectivity index (χ2n) is 4.88. The van der Waals surface area contributed by atoms with Gasteiger partial charge >= 0.3 is 5.63 Å². The van der Waals surface area contributed by atoms with Gasteiger partial charge in [0.1, 0.15) is 17.8 Å². The molecule has 0 fully saturated rings. The summed E-state index contributed by atoms with van der Waals surface area (Å²) in [5.74, 6) is 0.369. The molecule has 1 aliphatic rings. The standard InChI is InChI=1S/C14H15NO5S.CH4/c15-21-20-19-18-9-6-7-11-10-4-2-1-3-5-12(10)14(16)17-13(11)8-9;/h6-8H,1-5,15H2;1H4. The molecule has 0 aliphatic heterocycles. The molecule has 1 aliphatic carbocycles. The molecule has 22 heavy (non-hydrogen) atoms. The van der Waals surface area contributed by atoms with Crippen molar-refractivity contribution in [3.63, 3.8) is 0 Å². The van der Waals surface area contributed by atoms with Gasteiger partial charge in [0, 0.05) is 17.0 Å². The minimum absolute atomic E-state index is 0. The molecule has 1 aromatic heterocycles. The monoisotopic (exact) mass is 325 g/mol. The van der Waals surface area contributed by atoms with E-state index in [0.29, 0.717) is 23.6 Å². The van der Waals surface area contributed by atoms with Crippen LogP contribution in [-0.2, 0) is 22.2 Å². The zero-order valence-electron chi connectivity index (χ0n) is 11.3. The SMILES string of the molecule is C.NSOOOc1ccc2c3c(c(=O)oc2c1)CCCCC3. The van der Waals surface area contributed by atoms with Gasteiger partial charge in [-0.25, -0.2) is 4.79 Å². The summed E-state index contributed by atoms with van der Waals surface area (Å²) >= 11 is 0.527. The van der Waals surface area contributed by atoms with E-state index in [2.05, 4.69) is 9.37 Å². The summed E-state index contributed by atoms with van der Waals surface area (Å²) in [5, 5.41) is 10.4. The van der Waals surface area contributed by atoms with Crippen molar-refractivity contribution in [2.45, 2.75) is 39.5 Å². The number of rotatable bonds is 4. The normalized spacial score (nSPS) is 14.0. The summed E-state index contributed by atoms with van der Waals surface area (Å²) in [4.78, 5) is 17.0. The average molecular weight is 325 g/mol. The number of nitrogens with two attached hydrogens (primary N) is 1. The highest BCUT2D eigenvalue weighted by molar-refractivity contribution is 7.92. The molecule has 0 unspecified atom stereocenters. The number of fused-ring (bicyclic) bond motifs is 3. The van der Waals surface area contributed by atoms with Crippen LogP contribution < -0.4 is 15.7 Å². The Morgan fingerprint density at radius 3 is 2.68 bits per heavy atom. The molecule has 1 aromatic carbocycles. The Morgan fingerprint density at radius 2 is 1.91 bits per heavy atom. The van der Waals surface area contributed by atoms with Gasteiger partial charge in [-0.3, -0.25) is 5.14 Å². The van der Waals surface area contributed by atoms with E-state index in [9.17, 15) is 4.79 Å². The highest BCUT2D eigenvalue weighted by Gasteiger charge is 2.17. The van der Waals surface area contributed by atoms with Crippen LogP contribution in [0.3, 0.4) is 0 Å². The molecule has 0 saturated carbocycles. The Bertz CT molecular complexity index is 700. The summed E-state index contributed by atoms with van der Waals surface area (Å²) in [5.41, 5.74) is 2.14. The Kier molecular flexibility index (Phi) is 5.84. The fourth-order valence-corrected chi connectivity index (χ4v) is 2.78. The summed E-state index contributed by atoms with van der Waals surface area (Å²) < 4.78 is 9.76. The smallest absolute Gasteiger partial charge is 0.339 e. The first-order valence-electron chi connectivity index (χ1n) is 6.75. The van der Waals surface area contributed by atoms with Gasteiger partial charge in [-0.15, -0.1) is 4.33 Å². The highest BCUT2D eigenvalue weighted by atomic mass is 32.2. The lowest BCUT2D eigenvalue weighted by Gasteiger charge is -2.09. The topological polar surface area (TPSA) is 83.9 Å². The van der Waals surface area contributed by atoms with Crippen molar-refractivity contribution in [2.24, 2.45) is 5.14 Å². The van der Waals surface area contributed by atoms with Crippen molar-refractivity contribution >= 4 is 23.2 Å². The average Bonchev–Trinajstić information content (AvgIpc) is 2.74. The maximum Gasteiger partial charge on any atom is 0.339 e. The molecule has 0 radical (unpaired) electrons. The van der Waals surface area contributed by atoms with E-state index in [-0.39, 0.29) is 13.1 Å². The van der Waals surface area contributed by atoms with E-state index in [4.69, 9.17) is 14.4 Å². The van der Waals surface area contributed by atoms with Gasteiger partial charge in [-0.2, -0.15) is 0 Å². The van der Waals surface area contributed by atoms with Crippen LogP contribution in [-0.4, -0.2) is 0 Å². The molecule has 0 saturated heterocycles. The quantitative estimate of drug-likeness (QED) is 0.175. The van der Waals surface area contributed by atoms with E-state index in [1.807, 2.05) is 6.07 Å². The van der Waals surface area contributed by atoms with Crippen molar-refractivity contribution in [3.8, 4) is 5.75 Å². The first-order chi connectivity index (χ1) is 10.3. The molecule has 0 atom stereocenters. The predicted molar refractivity (Wildman–Crippen MR) is 85.1 cm³/mol. The van der Waals surface area contributed by atoms with Gasteiger partial charge < -0.3 is 9.30 Å². The lowest BCUT2D eigenvalue weighted by molar-refractivity contribution is -0.403. The molecule has 1 heterocycles. The molecule has 7 heteroatoms. The molecule has 0 bridgehead atoms. The highest BCUT2D eigenvalue weighted by Crippen LogP contribution is 2.28. The molecule has 0 amide bonds. The number of hydrogen-bond acceptors (Lipinski definition) is 7. The first kappa shape index (κ1) is 16.8. The van der Waals surface area contributed by atoms with E-state index < -0.39 is 0 Å². The van der Waals surface area contributed by atoms with Crippen molar-refractivity contribution < 1.29 is 18.7 Å². The van der Waals surface area contributed by atoms with E-state index in [1.165, 1.54) is 0 Å². The lowest BCUT2D eigenvalue weighted by Crippen LogP contribution is -2.10. The number of aryl methyl sites for hydroxylation is 1. The molecule has 2 N–H and O–H groups in total. The van der Waals surface area contributed by atoms with Gasteiger partial charge in [-0.05, 0) is 48.4 Å². The summed E-state index contributed by atoms with van der Waals surface area (Å²) in [6, 6.07) is 5.21. The molecule has 6 nitrogen and oxygen atoms in total. The molecule has 3 rings (SSSR count). The van der Waals surface area contributed by atoms with Crippen LogP contribution >= 0.6 is 12.2 Å². The maximum absolute atomic E-state index is 12.1.